The van der Waals surface area contributed by atoms with E-state index in [0.717, 1.165) is 0 Å². The average molecular weight is 215 g/mol. The van der Waals surface area contributed by atoms with Crippen LogP contribution in [0.15, 0.2) is 0 Å². The summed E-state index contributed by atoms with van der Waals surface area (Å²) in [6.07, 6.45) is 0. The predicted molar refractivity (Wildman–Crippen MR) is 58.5 cm³/mol. The van der Waals surface area contributed by atoms with E-state index in [1.165, 1.54) is 0 Å². The molecule has 0 heterocycles. The van der Waals surface area contributed by atoms with E-state index >= 15 is 0 Å². The summed E-state index contributed by atoms with van der Waals surface area (Å²) in [7, 11) is 0. The third-order valence-corrected chi connectivity index (χ3v) is 2.07. The molecule has 0 aliphatic rings. The van der Waals surface area contributed by atoms with Crippen LogP contribution in [0.25, 0.3) is 0 Å². The topological polar surface area (TPSA) is 66.4 Å². The molecule has 0 saturated heterocycles. The first-order valence-electron chi connectivity index (χ1n) is 5.00. The van der Waals surface area contributed by atoms with Crippen LogP contribution in [0, 0.1) is 10.8 Å². The second-order valence-corrected chi connectivity index (χ2v) is 5.86. The standard InChI is InChI=1S/C11H21NO3/c1-10(2,3)7(8(13)14)12-9(15)11(4,5)6/h7H,1-6H3,(H,12,15)(H,13,14). The summed E-state index contributed by atoms with van der Waals surface area (Å²) in [6, 6.07) is -0.857. The van der Waals surface area contributed by atoms with Crippen LogP contribution in [-0.4, -0.2) is 23.0 Å². The summed E-state index contributed by atoms with van der Waals surface area (Å²) < 4.78 is 0. The fourth-order valence-electron chi connectivity index (χ4n) is 0.996. The molecule has 0 aliphatic heterocycles. The molecule has 0 aromatic rings. The summed E-state index contributed by atoms with van der Waals surface area (Å²) in [5.41, 5.74) is -1.06. The zero-order valence-corrected chi connectivity index (χ0v) is 10.3. The normalized spacial score (nSPS) is 14.5. The van der Waals surface area contributed by atoms with Gasteiger partial charge in [0.15, 0.2) is 0 Å². The third kappa shape index (κ3) is 4.32. The summed E-state index contributed by atoms with van der Waals surface area (Å²) in [5, 5.41) is 11.6. The molecule has 0 aliphatic carbocycles. The van der Waals surface area contributed by atoms with Crippen molar-refractivity contribution in [2.75, 3.05) is 0 Å². The molecule has 0 bridgehead atoms. The molecule has 1 amide bonds. The highest BCUT2D eigenvalue weighted by molar-refractivity contribution is 5.87. The molecule has 4 nitrogen and oxygen atoms in total. The van der Waals surface area contributed by atoms with E-state index in [2.05, 4.69) is 5.32 Å². The van der Waals surface area contributed by atoms with E-state index in [0.29, 0.717) is 0 Å². The van der Waals surface area contributed by atoms with Gasteiger partial charge in [-0.1, -0.05) is 41.5 Å². The number of carbonyl (C=O) groups excluding carboxylic acids is 1. The number of carbonyl (C=O) groups is 2. The Hall–Kier alpha value is -1.06. The van der Waals surface area contributed by atoms with E-state index < -0.39 is 22.8 Å². The van der Waals surface area contributed by atoms with E-state index in [1.807, 2.05) is 0 Å². The van der Waals surface area contributed by atoms with E-state index in [9.17, 15) is 9.59 Å². The van der Waals surface area contributed by atoms with E-state index in [-0.39, 0.29) is 5.91 Å². The van der Waals surface area contributed by atoms with Crippen molar-refractivity contribution in [2.45, 2.75) is 47.6 Å². The fraction of sp³-hybridized carbons (Fsp3) is 0.818. The van der Waals surface area contributed by atoms with Crippen molar-refractivity contribution in [3.63, 3.8) is 0 Å². The molecule has 4 heteroatoms. The molecule has 1 atom stereocenters. The van der Waals surface area contributed by atoms with Gasteiger partial charge in [0.25, 0.3) is 0 Å². The lowest BCUT2D eigenvalue weighted by Gasteiger charge is -2.30. The molecule has 88 valence electrons. The van der Waals surface area contributed by atoms with Crippen LogP contribution in [0.2, 0.25) is 0 Å². The molecular weight excluding hydrogens is 194 g/mol. The zero-order chi connectivity index (χ0) is 12.4. The highest BCUT2D eigenvalue weighted by Crippen LogP contribution is 2.21. The minimum atomic E-state index is -1.000. The van der Waals surface area contributed by atoms with Gasteiger partial charge in [-0.3, -0.25) is 4.79 Å². The number of amides is 1. The lowest BCUT2D eigenvalue weighted by molar-refractivity contribution is -0.146. The molecule has 0 aromatic heterocycles. The Morgan fingerprint density at radius 2 is 1.47 bits per heavy atom. The van der Waals surface area contributed by atoms with Gasteiger partial charge in [-0.2, -0.15) is 0 Å². The van der Waals surface area contributed by atoms with Crippen LogP contribution < -0.4 is 5.32 Å². The molecule has 0 spiro atoms. The minimum Gasteiger partial charge on any atom is -0.480 e. The highest BCUT2D eigenvalue weighted by atomic mass is 16.4. The second kappa shape index (κ2) is 4.21. The molecule has 0 fully saturated rings. The number of hydrogen-bond acceptors (Lipinski definition) is 2. The van der Waals surface area contributed by atoms with Crippen LogP contribution in [0.1, 0.15) is 41.5 Å². The van der Waals surface area contributed by atoms with Crippen molar-refractivity contribution in [3.8, 4) is 0 Å². The number of nitrogens with one attached hydrogen (secondary N) is 1. The van der Waals surface area contributed by atoms with Crippen LogP contribution >= 0.6 is 0 Å². The lowest BCUT2D eigenvalue weighted by atomic mass is 9.85. The van der Waals surface area contributed by atoms with Crippen molar-refractivity contribution in [3.05, 3.63) is 0 Å². The predicted octanol–water partition coefficient (Wildman–Crippen LogP) is 1.65. The molecular formula is C11H21NO3. The second-order valence-electron chi connectivity index (χ2n) is 5.86. The zero-order valence-electron chi connectivity index (χ0n) is 10.3. The Morgan fingerprint density at radius 1 is 1.07 bits per heavy atom. The number of rotatable bonds is 2. The summed E-state index contributed by atoms with van der Waals surface area (Å²) in [6.45, 7) is 10.6. The monoisotopic (exact) mass is 215 g/mol. The molecule has 1 unspecified atom stereocenters. The van der Waals surface area contributed by atoms with Crippen LogP contribution in [-0.2, 0) is 9.59 Å². The summed E-state index contributed by atoms with van der Waals surface area (Å²) in [5.74, 6) is -1.25. The van der Waals surface area contributed by atoms with Crippen molar-refractivity contribution < 1.29 is 14.7 Å². The van der Waals surface area contributed by atoms with Gasteiger partial charge < -0.3 is 10.4 Å². The third-order valence-electron chi connectivity index (χ3n) is 2.07. The van der Waals surface area contributed by atoms with Gasteiger partial charge in [0.1, 0.15) is 6.04 Å². The lowest BCUT2D eigenvalue weighted by Crippen LogP contribution is -2.52. The van der Waals surface area contributed by atoms with Gasteiger partial charge in [0.05, 0.1) is 0 Å². The SMILES string of the molecule is CC(C)(C)C(=O)NC(C(=O)O)C(C)(C)C. The first-order valence-corrected chi connectivity index (χ1v) is 5.00. The maximum Gasteiger partial charge on any atom is 0.326 e. The molecule has 0 radical (unpaired) electrons. The maximum absolute atomic E-state index is 11.7. The Kier molecular flexibility index (Phi) is 3.91. The first kappa shape index (κ1) is 13.9. The van der Waals surface area contributed by atoms with Gasteiger partial charge in [-0.15, -0.1) is 0 Å². The maximum atomic E-state index is 11.7. The van der Waals surface area contributed by atoms with Crippen molar-refractivity contribution in [2.24, 2.45) is 10.8 Å². The van der Waals surface area contributed by atoms with E-state index in [1.54, 1.807) is 41.5 Å². The highest BCUT2D eigenvalue weighted by Gasteiger charge is 2.35. The van der Waals surface area contributed by atoms with Crippen LogP contribution in [0.3, 0.4) is 0 Å². The molecule has 0 saturated carbocycles. The summed E-state index contributed by atoms with van der Waals surface area (Å²) >= 11 is 0. The van der Waals surface area contributed by atoms with Gasteiger partial charge in [-0.05, 0) is 5.41 Å². The molecule has 0 rings (SSSR count). The minimum absolute atomic E-state index is 0.246. The number of aliphatic carboxylic acids is 1. The van der Waals surface area contributed by atoms with Gasteiger partial charge in [0, 0.05) is 5.41 Å². The largest absolute Gasteiger partial charge is 0.480 e. The number of carboxylic acid groups (broad SMARTS) is 1. The molecule has 0 aromatic carbocycles. The molecule has 15 heavy (non-hydrogen) atoms. The van der Waals surface area contributed by atoms with Crippen molar-refractivity contribution >= 4 is 11.9 Å². The van der Waals surface area contributed by atoms with Gasteiger partial charge >= 0.3 is 5.97 Å². The Morgan fingerprint density at radius 3 is 1.67 bits per heavy atom. The number of carboxylic acids is 1. The van der Waals surface area contributed by atoms with Crippen molar-refractivity contribution in [1.29, 1.82) is 0 Å². The van der Waals surface area contributed by atoms with E-state index in [4.69, 9.17) is 5.11 Å². The molecule has 2 N–H and O–H groups in total. The quantitative estimate of drug-likeness (QED) is 0.736. The summed E-state index contributed by atoms with van der Waals surface area (Å²) in [4.78, 5) is 22.6. The van der Waals surface area contributed by atoms with Crippen LogP contribution in [0.4, 0.5) is 0 Å². The smallest absolute Gasteiger partial charge is 0.326 e. The Bertz CT molecular complexity index is 258. The first-order chi connectivity index (χ1) is 6.46. The number of hydrogen-bond donors (Lipinski definition) is 2. The Labute approximate surface area is 91.1 Å². The average Bonchev–Trinajstić information content (AvgIpc) is 1.94. The van der Waals surface area contributed by atoms with Crippen LogP contribution in [0.5, 0.6) is 0 Å². The van der Waals surface area contributed by atoms with Gasteiger partial charge in [-0.25, -0.2) is 4.79 Å². The Balaban J connectivity index is 4.74. The fourth-order valence-corrected chi connectivity index (χ4v) is 0.996. The van der Waals surface area contributed by atoms with Gasteiger partial charge in [0.2, 0.25) is 5.91 Å². The van der Waals surface area contributed by atoms with Crippen molar-refractivity contribution in [1.82, 2.24) is 5.32 Å².